The van der Waals surface area contributed by atoms with Crippen LogP contribution in [0.4, 0.5) is 16.0 Å². The van der Waals surface area contributed by atoms with E-state index in [1.54, 1.807) is 42.5 Å². The molecule has 0 saturated carbocycles. The van der Waals surface area contributed by atoms with Crippen molar-refractivity contribution in [3.05, 3.63) is 77.6 Å². The maximum absolute atomic E-state index is 13.6. The Morgan fingerprint density at radius 3 is 2.41 bits per heavy atom. The van der Waals surface area contributed by atoms with Crippen LogP contribution in [0.5, 0.6) is 5.75 Å². The number of halogens is 1. The van der Waals surface area contributed by atoms with E-state index in [-0.39, 0.29) is 24.9 Å². The molecule has 0 fully saturated rings. The largest absolute Gasteiger partial charge is 0.484 e. The van der Waals surface area contributed by atoms with Gasteiger partial charge in [0, 0.05) is 12.1 Å². The third-order valence-electron chi connectivity index (χ3n) is 3.74. The Labute approximate surface area is 156 Å². The zero-order valence-corrected chi connectivity index (χ0v) is 14.8. The molecule has 0 aliphatic heterocycles. The molecule has 0 spiro atoms. The molecule has 27 heavy (non-hydrogen) atoms. The van der Waals surface area contributed by atoms with Gasteiger partial charge in [0.2, 0.25) is 0 Å². The Balaban J connectivity index is 1.47. The number of hydrogen-bond donors (Lipinski definition) is 2. The van der Waals surface area contributed by atoms with Crippen molar-refractivity contribution in [2.45, 2.75) is 13.5 Å². The molecular formula is C20H19FN4O2. The molecule has 1 aromatic heterocycles. The van der Waals surface area contributed by atoms with E-state index in [1.807, 2.05) is 19.1 Å². The predicted molar refractivity (Wildman–Crippen MR) is 101 cm³/mol. The number of nitrogens with zero attached hydrogens (tertiary/aromatic N) is 2. The van der Waals surface area contributed by atoms with E-state index >= 15 is 0 Å². The summed E-state index contributed by atoms with van der Waals surface area (Å²) in [6.45, 7) is 2.14. The molecule has 0 aliphatic carbocycles. The summed E-state index contributed by atoms with van der Waals surface area (Å²) in [4.78, 5) is 11.9. The number of aryl methyl sites for hydroxylation is 1. The van der Waals surface area contributed by atoms with Crippen LogP contribution in [0.3, 0.4) is 0 Å². The lowest BCUT2D eigenvalue weighted by molar-refractivity contribution is -0.118. The van der Waals surface area contributed by atoms with Crippen LogP contribution in [0.15, 0.2) is 60.7 Å². The summed E-state index contributed by atoms with van der Waals surface area (Å²) in [5.74, 6) is 0.790. The van der Waals surface area contributed by atoms with E-state index < -0.39 is 0 Å². The minimum absolute atomic E-state index is 0.127. The number of hydrogen-bond acceptors (Lipinski definition) is 5. The lowest BCUT2D eigenvalue weighted by Crippen LogP contribution is -2.21. The molecule has 0 atom stereocenters. The molecule has 0 bridgehead atoms. The van der Waals surface area contributed by atoms with E-state index in [2.05, 4.69) is 20.8 Å². The summed E-state index contributed by atoms with van der Waals surface area (Å²) >= 11 is 0. The lowest BCUT2D eigenvalue weighted by Gasteiger charge is -2.08. The van der Waals surface area contributed by atoms with Crippen molar-refractivity contribution in [1.29, 1.82) is 0 Å². The first kappa shape index (κ1) is 18.3. The molecule has 2 aromatic carbocycles. The van der Waals surface area contributed by atoms with Crippen LogP contribution in [-0.2, 0) is 11.3 Å². The summed E-state index contributed by atoms with van der Waals surface area (Å²) < 4.78 is 19.0. The lowest BCUT2D eigenvalue weighted by atomic mass is 10.2. The van der Waals surface area contributed by atoms with Crippen molar-refractivity contribution in [1.82, 2.24) is 10.2 Å². The van der Waals surface area contributed by atoms with Crippen molar-refractivity contribution in [2.24, 2.45) is 0 Å². The molecule has 6 nitrogen and oxygen atoms in total. The van der Waals surface area contributed by atoms with E-state index in [1.165, 1.54) is 6.07 Å². The van der Waals surface area contributed by atoms with E-state index in [9.17, 15) is 9.18 Å². The number of anilines is 2. The van der Waals surface area contributed by atoms with Crippen molar-refractivity contribution in [3.63, 3.8) is 0 Å². The van der Waals surface area contributed by atoms with Crippen molar-refractivity contribution < 1.29 is 13.9 Å². The van der Waals surface area contributed by atoms with Crippen LogP contribution in [0.25, 0.3) is 0 Å². The summed E-state index contributed by atoms with van der Waals surface area (Å²) in [6.07, 6.45) is 0. The predicted octanol–water partition coefficient (Wildman–Crippen LogP) is 3.55. The molecule has 0 aliphatic rings. The third kappa shape index (κ3) is 5.50. The van der Waals surface area contributed by atoms with Gasteiger partial charge in [-0.1, -0.05) is 35.9 Å². The normalized spacial score (nSPS) is 10.3. The van der Waals surface area contributed by atoms with Crippen LogP contribution >= 0.6 is 0 Å². The smallest absolute Gasteiger partial charge is 0.263 e. The quantitative estimate of drug-likeness (QED) is 0.669. The number of amides is 1. The van der Waals surface area contributed by atoms with Gasteiger partial charge >= 0.3 is 0 Å². The number of rotatable bonds is 7. The Morgan fingerprint density at radius 2 is 1.70 bits per heavy atom. The highest BCUT2D eigenvalue weighted by Crippen LogP contribution is 2.12. The number of carbonyl (C=O) groups excluding carboxylic acids is 1. The van der Waals surface area contributed by atoms with Crippen LogP contribution in [0, 0.1) is 12.7 Å². The van der Waals surface area contributed by atoms with Gasteiger partial charge in [0.1, 0.15) is 17.4 Å². The average Bonchev–Trinajstić information content (AvgIpc) is 2.68. The van der Waals surface area contributed by atoms with Gasteiger partial charge in [-0.3, -0.25) is 4.79 Å². The first-order chi connectivity index (χ1) is 13.1. The van der Waals surface area contributed by atoms with Gasteiger partial charge < -0.3 is 15.4 Å². The molecule has 138 valence electrons. The molecular weight excluding hydrogens is 347 g/mol. The number of ether oxygens (including phenoxy) is 1. The topological polar surface area (TPSA) is 76.1 Å². The summed E-state index contributed by atoms with van der Waals surface area (Å²) in [6, 6.07) is 17.2. The number of benzene rings is 2. The Morgan fingerprint density at radius 1 is 1.00 bits per heavy atom. The zero-order valence-electron chi connectivity index (χ0n) is 14.8. The standard InChI is InChI=1S/C20H19FN4O2/c1-14-6-8-16(9-7-14)27-13-20(26)23-19-11-10-18(24-25-19)22-12-15-4-2-3-5-17(15)21/h2-11H,12-13H2,1H3,(H,22,24)(H,23,25,26). The Hall–Kier alpha value is -3.48. The number of aromatic nitrogens is 2. The summed E-state index contributed by atoms with van der Waals surface area (Å²) in [5.41, 5.74) is 1.65. The second-order valence-electron chi connectivity index (χ2n) is 5.90. The van der Waals surface area contributed by atoms with E-state index in [0.29, 0.717) is 22.9 Å². The number of nitrogens with one attached hydrogen (secondary N) is 2. The molecule has 3 rings (SSSR count). The van der Waals surface area contributed by atoms with Crippen LogP contribution < -0.4 is 15.4 Å². The fourth-order valence-electron chi connectivity index (χ4n) is 2.28. The first-order valence-electron chi connectivity index (χ1n) is 8.40. The molecule has 0 unspecified atom stereocenters. The van der Waals surface area contributed by atoms with Gasteiger partial charge in [0.15, 0.2) is 12.4 Å². The minimum atomic E-state index is -0.336. The van der Waals surface area contributed by atoms with Crippen LogP contribution in [0.2, 0.25) is 0 Å². The van der Waals surface area contributed by atoms with Crippen molar-refractivity contribution >= 4 is 17.5 Å². The Bertz CT molecular complexity index is 899. The van der Waals surface area contributed by atoms with Gasteiger partial charge in [-0.25, -0.2) is 4.39 Å². The fraction of sp³-hybridized carbons (Fsp3) is 0.150. The van der Waals surface area contributed by atoms with Gasteiger partial charge in [-0.05, 0) is 37.3 Å². The highest BCUT2D eigenvalue weighted by atomic mass is 19.1. The zero-order chi connectivity index (χ0) is 19.1. The van der Waals surface area contributed by atoms with Crippen molar-refractivity contribution in [3.8, 4) is 5.75 Å². The molecule has 2 N–H and O–H groups in total. The molecule has 0 radical (unpaired) electrons. The van der Waals surface area contributed by atoms with Crippen LogP contribution in [0.1, 0.15) is 11.1 Å². The highest BCUT2D eigenvalue weighted by Gasteiger charge is 2.06. The fourth-order valence-corrected chi connectivity index (χ4v) is 2.28. The maximum atomic E-state index is 13.6. The SMILES string of the molecule is Cc1ccc(OCC(=O)Nc2ccc(NCc3ccccc3F)nn2)cc1. The first-order valence-corrected chi connectivity index (χ1v) is 8.40. The van der Waals surface area contributed by atoms with Gasteiger partial charge in [0.05, 0.1) is 0 Å². The van der Waals surface area contributed by atoms with Crippen molar-refractivity contribution in [2.75, 3.05) is 17.2 Å². The third-order valence-corrected chi connectivity index (χ3v) is 3.74. The molecule has 7 heteroatoms. The number of carbonyl (C=O) groups is 1. The Kier molecular flexibility index (Phi) is 5.94. The summed E-state index contributed by atoms with van der Waals surface area (Å²) in [5, 5.41) is 13.5. The minimum Gasteiger partial charge on any atom is -0.484 e. The highest BCUT2D eigenvalue weighted by molar-refractivity contribution is 5.90. The van der Waals surface area contributed by atoms with E-state index in [0.717, 1.165) is 5.56 Å². The van der Waals surface area contributed by atoms with Gasteiger partial charge in [-0.2, -0.15) is 0 Å². The molecule has 0 saturated heterocycles. The van der Waals surface area contributed by atoms with Gasteiger partial charge in [0.25, 0.3) is 5.91 Å². The van der Waals surface area contributed by atoms with Gasteiger partial charge in [-0.15, -0.1) is 10.2 Å². The molecule has 1 amide bonds. The summed E-state index contributed by atoms with van der Waals surface area (Å²) in [7, 11) is 0. The van der Waals surface area contributed by atoms with Crippen LogP contribution in [-0.4, -0.2) is 22.7 Å². The molecule has 3 aromatic rings. The second-order valence-corrected chi connectivity index (χ2v) is 5.90. The maximum Gasteiger partial charge on any atom is 0.263 e. The second kappa shape index (κ2) is 8.75. The molecule has 1 heterocycles. The average molecular weight is 366 g/mol. The van der Waals surface area contributed by atoms with E-state index in [4.69, 9.17) is 4.74 Å². The monoisotopic (exact) mass is 366 g/mol.